The van der Waals surface area contributed by atoms with E-state index in [0.29, 0.717) is 23.8 Å². The number of carbonyl (C=O) groups is 1. The highest BCUT2D eigenvalue weighted by Crippen LogP contribution is 2.11. The molecule has 1 saturated heterocycles. The number of nitrogen functional groups attached to an aromatic ring is 1. The first-order valence-corrected chi connectivity index (χ1v) is 5.75. The van der Waals surface area contributed by atoms with Crippen molar-refractivity contribution in [1.29, 1.82) is 0 Å². The number of aryl methyl sites for hydroxylation is 1. The van der Waals surface area contributed by atoms with Crippen LogP contribution in [0.25, 0.3) is 0 Å². The van der Waals surface area contributed by atoms with Gasteiger partial charge in [-0.05, 0) is 25.5 Å². The van der Waals surface area contributed by atoms with Gasteiger partial charge in [0.25, 0.3) is 5.91 Å². The van der Waals surface area contributed by atoms with Gasteiger partial charge in [0.1, 0.15) is 5.82 Å². The van der Waals surface area contributed by atoms with Crippen LogP contribution in [0.1, 0.15) is 22.5 Å². The third kappa shape index (κ3) is 3.17. The standard InChI is InChI=1S/C12H17N3O2/c1-8-4-10(5-11(13)15-8)12(16)14-6-9-2-3-17-7-9/h4-5,9H,2-3,6-7H2,1H3,(H2,13,15)(H,14,16). The minimum Gasteiger partial charge on any atom is -0.384 e. The molecule has 1 aromatic rings. The van der Waals surface area contributed by atoms with Crippen molar-refractivity contribution in [2.75, 3.05) is 25.5 Å². The molecule has 1 amide bonds. The predicted octanol–water partition coefficient (Wildman–Crippen LogP) is 0.739. The first-order valence-electron chi connectivity index (χ1n) is 5.75. The van der Waals surface area contributed by atoms with E-state index >= 15 is 0 Å². The molecule has 1 aliphatic heterocycles. The zero-order chi connectivity index (χ0) is 12.3. The van der Waals surface area contributed by atoms with Crippen LogP contribution < -0.4 is 11.1 Å². The molecule has 2 heterocycles. The fourth-order valence-electron chi connectivity index (χ4n) is 1.91. The highest BCUT2D eigenvalue weighted by atomic mass is 16.5. The van der Waals surface area contributed by atoms with Crippen LogP contribution in [0.3, 0.4) is 0 Å². The largest absolute Gasteiger partial charge is 0.384 e. The van der Waals surface area contributed by atoms with Crippen molar-refractivity contribution < 1.29 is 9.53 Å². The average Bonchev–Trinajstić information content (AvgIpc) is 2.77. The fourth-order valence-corrected chi connectivity index (χ4v) is 1.91. The van der Waals surface area contributed by atoms with Crippen LogP contribution >= 0.6 is 0 Å². The third-order valence-electron chi connectivity index (χ3n) is 2.81. The summed E-state index contributed by atoms with van der Waals surface area (Å²) in [4.78, 5) is 15.9. The van der Waals surface area contributed by atoms with Gasteiger partial charge in [0.15, 0.2) is 0 Å². The topological polar surface area (TPSA) is 77.2 Å². The second-order valence-electron chi connectivity index (χ2n) is 4.36. The maximum Gasteiger partial charge on any atom is 0.251 e. The molecule has 1 aromatic heterocycles. The van der Waals surface area contributed by atoms with Crippen molar-refractivity contribution in [1.82, 2.24) is 10.3 Å². The molecule has 5 heteroatoms. The average molecular weight is 235 g/mol. The number of amides is 1. The molecular weight excluding hydrogens is 218 g/mol. The lowest BCUT2D eigenvalue weighted by Crippen LogP contribution is -2.29. The van der Waals surface area contributed by atoms with Gasteiger partial charge < -0.3 is 15.8 Å². The first kappa shape index (κ1) is 11.9. The van der Waals surface area contributed by atoms with Crippen molar-refractivity contribution in [2.45, 2.75) is 13.3 Å². The molecule has 3 N–H and O–H groups in total. The van der Waals surface area contributed by atoms with Crippen LogP contribution in [-0.4, -0.2) is 30.6 Å². The molecule has 0 radical (unpaired) electrons. The Morgan fingerprint density at radius 3 is 3.12 bits per heavy atom. The quantitative estimate of drug-likeness (QED) is 0.810. The number of rotatable bonds is 3. The Morgan fingerprint density at radius 1 is 1.65 bits per heavy atom. The molecule has 5 nitrogen and oxygen atoms in total. The summed E-state index contributed by atoms with van der Waals surface area (Å²) in [5, 5.41) is 2.89. The van der Waals surface area contributed by atoms with Gasteiger partial charge in [-0.25, -0.2) is 4.98 Å². The summed E-state index contributed by atoms with van der Waals surface area (Å²) in [6.07, 6.45) is 1.01. The van der Waals surface area contributed by atoms with Crippen molar-refractivity contribution >= 4 is 11.7 Å². The summed E-state index contributed by atoms with van der Waals surface area (Å²) in [6.45, 7) is 4.00. The lowest BCUT2D eigenvalue weighted by molar-refractivity contribution is 0.0945. The van der Waals surface area contributed by atoms with Crippen molar-refractivity contribution in [3.05, 3.63) is 23.4 Å². The second-order valence-corrected chi connectivity index (χ2v) is 4.36. The number of aromatic nitrogens is 1. The minimum absolute atomic E-state index is 0.103. The Balaban J connectivity index is 1.94. The van der Waals surface area contributed by atoms with Crippen molar-refractivity contribution in [3.8, 4) is 0 Å². The number of pyridine rings is 1. The van der Waals surface area contributed by atoms with Crippen LogP contribution in [0.15, 0.2) is 12.1 Å². The number of nitrogens with two attached hydrogens (primary N) is 1. The van der Waals surface area contributed by atoms with Crippen LogP contribution in [0.5, 0.6) is 0 Å². The van der Waals surface area contributed by atoms with Gasteiger partial charge in [0, 0.05) is 30.3 Å². The molecule has 0 bridgehead atoms. The first-order chi connectivity index (χ1) is 8.15. The van der Waals surface area contributed by atoms with E-state index in [9.17, 15) is 4.79 Å². The van der Waals surface area contributed by atoms with Gasteiger partial charge in [-0.15, -0.1) is 0 Å². The number of hydrogen-bond donors (Lipinski definition) is 2. The molecule has 0 saturated carbocycles. The summed E-state index contributed by atoms with van der Waals surface area (Å²) in [5.41, 5.74) is 6.92. The molecule has 92 valence electrons. The van der Waals surface area contributed by atoms with E-state index in [4.69, 9.17) is 10.5 Å². The Kier molecular flexibility index (Phi) is 3.58. The highest BCUT2D eigenvalue weighted by molar-refractivity contribution is 5.94. The summed E-state index contributed by atoms with van der Waals surface area (Å²) in [7, 11) is 0. The zero-order valence-electron chi connectivity index (χ0n) is 9.90. The highest BCUT2D eigenvalue weighted by Gasteiger charge is 2.17. The number of nitrogens with zero attached hydrogens (tertiary/aromatic N) is 1. The van der Waals surface area contributed by atoms with E-state index in [2.05, 4.69) is 10.3 Å². The van der Waals surface area contributed by atoms with Gasteiger partial charge in [0.05, 0.1) is 6.61 Å². The number of anilines is 1. The zero-order valence-corrected chi connectivity index (χ0v) is 9.90. The van der Waals surface area contributed by atoms with Gasteiger partial charge in [-0.1, -0.05) is 0 Å². The predicted molar refractivity (Wildman–Crippen MR) is 64.6 cm³/mol. The third-order valence-corrected chi connectivity index (χ3v) is 2.81. The van der Waals surface area contributed by atoms with E-state index in [1.165, 1.54) is 0 Å². The summed E-state index contributed by atoms with van der Waals surface area (Å²) >= 11 is 0. The number of hydrogen-bond acceptors (Lipinski definition) is 4. The normalized spacial score (nSPS) is 19.2. The smallest absolute Gasteiger partial charge is 0.251 e. The molecule has 17 heavy (non-hydrogen) atoms. The van der Waals surface area contributed by atoms with E-state index in [1.54, 1.807) is 12.1 Å². The van der Waals surface area contributed by atoms with E-state index in [1.807, 2.05) is 6.92 Å². The second kappa shape index (κ2) is 5.14. The Hall–Kier alpha value is -1.62. The number of ether oxygens (including phenoxy) is 1. The molecular formula is C12H17N3O2. The summed E-state index contributed by atoms with van der Waals surface area (Å²) in [5.74, 6) is 0.702. The van der Waals surface area contributed by atoms with Crippen molar-refractivity contribution in [3.63, 3.8) is 0 Å². The summed E-state index contributed by atoms with van der Waals surface area (Å²) < 4.78 is 5.25. The molecule has 1 unspecified atom stereocenters. The van der Waals surface area contributed by atoms with Crippen LogP contribution in [-0.2, 0) is 4.74 Å². The molecule has 2 rings (SSSR count). The van der Waals surface area contributed by atoms with Gasteiger partial charge in [-0.3, -0.25) is 4.79 Å². The molecule has 1 aliphatic rings. The Labute approximate surface area is 100 Å². The fraction of sp³-hybridized carbons (Fsp3) is 0.500. The maximum atomic E-state index is 11.9. The number of nitrogens with one attached hydrogen (secondary N) is 1. The van der Waals surface area contributed by atoms with E-state index in [0.717, 1.165) is 25.3 Å². The molecule has 1 fully saturated rings. The summed E-state index contributed by atoms with van der Waals surface area (Å²) in [6, 6.07) is 3.32. The van der Waals surface area contributed by atoms with Crippen molar-refractivity contribution in [2.24, 2.45) is 5.92 Å². The van der Waals surface area contributed by atoms with Crippen LogP contribution in [0.2, 0.25) is 0 Å². The van der Waals surface area contributed by atoms with E-state index < -0.39 is 0 Å². The van der Waals surface area contributed by atoms with Gasteiger partial charge in [-0.2, -0.15) is 0 Å². The molecule has 0 aliphatic carbocycles. The SMILES string of the molecule is Cc1cc(C(=O)NCC2CCOC2)cc(N)n1. The number of carbonyl (C=O) groups excluding carboxylic acids is 1. The van der Waals surface area contributed by atoms with E-state index in [-0.39, 0.29) is 5.91 Å². The lowest BCUT2D eigenvalue weighted by atomic mass is 10.1. The maximum absolute atomic E-state index is 11.9. The molecule has 1 atom stereocenters. The van der Waals surface area contributed by atoms with Gasteiger partial charge >= 0.3 is 0 Å². The molecule has 0 aromatic carbocycles. The Bertz CT molecular complexity index is 394. The van der Waals surface area contributed by atoms with Crippen LogP contribution in [0.4, 0.5) is 5.82 Å². The van der Waals surface area contributed by atoms with Crippen LogP contribution in [0, 0.1) is 12.8 Å². The molecule has 0 spiro atoms. The monoisotopic (exact) mass is 235 g/mol. The Morgan fingerprint density at radius 2 is 2.47 bits per heavy atom. The van der Waals surface area contributed by atoms with Gasteiger partial charge in [0.2, 0.25) is 0 Å². The minimum atomic E-state index is -0.103. The lowest BCUT2D eigenvalue weighted by Gasteiger charge is -2.10.